The largest absolute Gasteiger partial charge is 0.309 e. The molecule has 0 amide bonds. The van der Waals surface area contributed by atoms with Crippen molar-refractivity contribution in [2.24, 2.45) is 0 Å². The molecule has 2 fully saturated rings. The van der Waals surface area contributed by atoms with Crippen LogP contribution < -0.4 is 5.30 Å². The van der Waals surface area contributed by atoms with Crippen LogP contribution in [0.25, 0.3) is 121 Å². The van der Waals surface area contributed by atoms with E-state index in [0.717, 1.165) is 35.6 Å². The summed E-state index contributed by atoms with van der Waals surface area (Å²) in [4.78, 5) is 0. The van der Waals surface area contributed by atoms with Crippen molar-refractivity contribution < 1.29 is 0 Å². The summed E-state index contributed by atoms with van der Waals surface area (Å²) in [6.45, 7) is 0. The number of aromatic nitrogens is 4. The molecule has 3 aliphatic carbocycles. The van der Waals surface area contributed by atoms with Crippen LogP contribution in [-0.4, -0.2) is 29.6 Å². The van der Waals surface area contributed by atoms with Crippen LogP contribution in [0.5, 0.6) is 0 Å². The molecule has 4 aromatic heterocycles. The van der Waals surface area contributed by atoms with Crippen LogP contribution >= 0.6 is 71.6 Å². The van der Waals surface area contributed by atoms with E-state index >= 15 is 0 Å². The SMILES string of the molecule is Brc1ccccc1-n1c2ccccc2c2ccccc21.Brc1ccccc1-n1c2ccccc2c2ccccc21.Brc1ccccc1Br.C.c1ccc(-n2c3ccccc3c3ccccc32)cc1.c1ccc(P(C2CCCCC2)C2CCCCC2)c(-n2c3ccccc3c3ccccc32)c1.c1ccc2c(c1)Cc1ccccc1-2. The van der Waals surface area contributed by atoms with Gasteiger partial charge in [-0.3, -0.25) is 0 Å². The quantitative estimate of drug-likeness (QED) is 0.142. The predicted molar refractivity (Wildman–Crippen MR) is 502 cm³/mol. The summed E-state index contributed by atoms with van der Waals surface area (Å²) in [6, 6.07) is 131. The molecular weight excluding hydrogens is 1660 g/mol. The molecule has 0 unspecified atom stereocenters. The molecule has 4 heterocycles. The Hall–Kier alpha value is -10.2. The molecule has 3 aliphatic rings. The highest BCUT2D eigenvalue weighted by Crippen LogP contribution is 2.56. The molecule has 0 atom stereocenters. The minimum Gasteiger partial charge on any atom is -0.309 e. The summed E-state index contributed by atoms with van der Waals surface area (Å²) < 4.78 is 13.9. The van der Waals surface area contributed by atoms with Crippen LogP contribution in [0.15, 0.2) is 388 Å². The third-order valence-electron chi connectivity index (χ3n) is 22.4. The maximum absolute atomic E-state index is 3.67. The fraction of sp³-hybridized carbons (Fsp3) is 0.135. The van der Waals surface area contributed by atoms with Gasteiger partial charge in [0.1, 0.15) is 0 Å². The van der Waals surface area contributed by atoms with E-state index in [4.69, 9.17) is 0 Å². The number of hydrogen-bond donors (Lipinski definition) is 0. The van der Waals surface area contributed by atoms with Gasteiger partial charge in [-0.25, -0.2) is 0 Å². The third-order valence-corrected chi connectivity index (χ3v) is 29.2. The molecule has 22 rings (SSSR count). The van der Waals surface area contributed by atoms with Gasteiger partial charge in [-0.1, -0.05) is 321 Å². The Bertz CT molecular complexity index is 6040. The highest BCUT2D eigenvalue weighted by molar-refractivity contribution is 9.13. The van der Waals surface area contributed by atoms with E-state index in [1.807, 2.05) is 36.4 Å². The van der Waals surface area contributed by atoms with Crippen LogP contribution in [0, 0.1) is 0 Å². The minimum atomic E-state index is -0.149. The van der Waals surface area contributed by atoms with Crippen LogP contribution in [0.1, 0.15) is 82.8 Å². The highest BCUT2D eigenvalue weighted by atomic mass is 79.9. The van der Waals surface area contributed by atoms with Gasteiger partial charge in [0.25, 0.3) is 0 Å². The van der Waals surface area contributed by atoms with Crippen molar-refractivity contribution in [2.45, 2.75) is 89.4 Å². The molecule has 0 N–H and O–H groups in total. The predicted octanol–water partition coefficient (Wildman–Crippen LogP) is 31.5. The standard InChI is InChI=1S/C30H34NP.2C18H12BrN.C18H13N.C13H10.C6H4Br2.CH4/c1-3-13-23(14-4-1)32(24-15-5-2-6-16-24)30-22-12-11-21-29(30)31-27-19-9-7-17-25(27)26-18-8-10-20-28(26)31;2*19-15-9-3-6-12-18(15)20-16-10-4-1-7-13(16)14-8-2-5-11-17(14)20;1-2-8-14(9-3-1)19-17-12-6-4-10-15(17)16-11-5-7-13-18(16)19;1-3-7-12-10(5-1)9-11-6-2-4-8-13(11)12;7-5-3-1-2-4-6(5)8;/h7-12,17-24H,1-6,13-16H2;2*1-12H;1-13H;1-8H,9H2;1-4H;1H4. The van der Waals surface area contributed by atoms with Gasteiger partial charge >= 0.3 is 0 Å². The lowest BCUT2D eigenvalue weighted by molar-refractivity contribution is 0.487. The number of rotatable bonds is 7. The Balaban J connectivity index is 0.000000106. The van der Waals surface area contributed by atoms with Gasteiger partial charge < -0.3 is 18.3 Å². The van der Waals surface area contributed by atoms with Crippen LogP contribution in [0.4, 0.5) is 0 Å². The van der Waals surface area contributed by atoms with Crippen LogP contribution in [-0.2, 0) is 6.42 Å². The number of nitrogens with zero attached hydrogens (tertiary/aromatic N) is 4. The Morgan fingerprint density at radius 2 is 0.469 bits per heavy atom. The molecule has 9 heteroatoms. The zero-order valence-electron chi connectivity index (χ0n) is 62.4. The summed E-state index contributed by atoms with van der Waals surface area (Å²) in [5.41, 5.74) is 22.7. The second-order valence-corrected chi connectivity index (χ2v) is 35.3. The molecule has 0 saturated heterocycles. The molecule has 2 saturated carbocycles. The minimum absolute atomic E-state index is 0. The molecule has 558 valence electrons. The molecule has 4 nitrogen and oxygen atoms in total. The van der Waals surface area contributed by atoms with Gasteiger partial charge in [0.2, 0.25) is 0 Å². The van der Waals surface area contributed by atoms with Crippen molar-refractivity contribution in [3.05, 3.63) is 399 Å². The van der Waals surface area contributed by atoms with Gasteiger partial charge in [-0.05, 0) is 233 Å². The summed E-state index contributed by atoms with van der Waals surface area (Å²) >= 11 is 14.0. The molecule has 0 spiro atoms. The Morgan fingerprint density at radius 3 is 0.796 bits per heavy atom. The van der Waals surface area contributed by atoms with Crippen LogP contribution in [0.2, 0.25) is 0 Å². The fourth-order valence-corrected chi connectivity index (χ4v) is 22.8. The van der Waals surface area contributed by atoms with E-state index in [1.54, 1.807) is 5.30 Å². The number of para-hydroxylation sites is 12. The number of halogens is 4. The molecule has 15 aromatic carbocycles. The molecule has 19 aromatic rings. The van der Waals surface area contributed by atoms with E-state index in [-0.39, 0.29) is 15.3 Å². The topological polar surface area (TPSA) is 19.7 Å². The van der Waals surface area contributed by atoms with E-state index in [1.165, 1.54) is 196 Å². The summed E-state index contributed by atoms with van der Waals surface area (Å²) in [5.74, 6) is 0. The lowest BCUT2D eigenvalue weighted by Gasteiger charge is -2.39. The second kappa shape index (κ2) is 35.9. The molecular formula is C104H89Br4N4P. The Morgan fingerprint density at radius 1 is 0.221 bits per heavy atom. The lowest BCUT2D eigenvalue weighted by Crippen LogP contribution is -2.28. The second-order valence-electron chi connectivity index (χ2n) is 29.1. The molecule has 113 heavy (non-hydrogen) atoms. The smallest absolute Gasteiger partial charge is 0.0604 e. The van der Waals surface area contributed by atoms with Crippen molar-refractivity contribution in [1.82, 2.24) is 18.3 Å². The summed E-state index contributed by atoms with van der Waals surface area (Å²) in [7, 11) is -0.149. The van der Waals surface area contributed by atoms with Gasteiger partial charge in [0.15, 0.2) is 0 Å². The average molecular weight is 1750 g/mol. The summed E-state index contributed by atoms with van der Waals surface area (Å²) in [5, 5.41) is 12.2. The monoisotopic (exact) mass is 1740 g/mol. The zero-order valence-corrected chi connectivity index (χ0v) is 69.6. The normalized spacial score (nSPS) is 13.2. The summed E-state index contributed by atoms with van der Waals surface area (Å²) in [6.07, 6.45) is 15.5. The fourth-order valence-electron chi connectivity index (χ4n) is 17.4. The van der Waals surface area contributed by atoms with Crippen molar-refractivity contribution >= 4 is 164 Å². The Labute approximate surface area is 698 Å². The first kappa shape index (κ1) is 76.8. The van der Waals surface area contributed by atoms with E-state index < -0.39 is 0 Å². The Kier molecular flexibility index (Phi) is 24.4. The van der Waals surface area contributed by atoms with Crippen molar-refractivity contribution in [3.63, 3.8) is 0 Å². The van der Waals surface area contributed by atoms with Gasteiger partial charge in [0.05, 0.1) is 61.2 Å². The number of hydrogen-bond acceptors (Lipinski definition) is 0. The lowest BCUT2D eigenvalue weighted by atomic mass is 9.99. The van der Waals surface area contributed by atoms with E-state index in [0.29, 0.717) is 0 Å². The first-order valence-electron chi connectivity index (χ1n) is 39.3. The molecule has 0 bridgehead atoms. The maximum atomic E-state index is 3.67. The van der Waals surface area contributed by atoms with E-state index in [2.05, 4.69) is 416 Å². The average Bonchev–Trinajstić information content (AvgIpc) is 1.63. The zero-order chi connectivity index (χ0) is 75.7. The van der Waals surface area contributed by atoms with Gasteiger partial charge in [0, 0.05) is 72.0 Å². The molecule has 0 aliphatic heterocycles. The maximum Gasteiger partial charge on any atom is 0.0604 e. The third kappa shape index (κ3) is 16.0. The highest BCUT2D eigenvalue weighted by Gasteiger charge is 2.34. The number of fused-ring (bicyclic) bond motifs is 15. The first-order valence-corrected chi connectivity index (χ1v) is 43.9. The molecule has 0 radical (unpaired) electrons. The van der Waals surface area contributed by atoms with Crippen molar-refractivity contribution in [3.8, 4) is 33.9 Å². The van der Waals surface area contributed by atoms with E-state index in [9.17, 15) is 0 Å². The number of benzene rings is 15. The van der Waals surface area contributed by atoms with Crippen molar-refractivity contribution in [1.29, 1.82) is 0 Å². The first-order chi connectivity index (χ1) is 55.3. The van der Waals surface area contributed by atoms with Crippen molar-refractivity contribution in [2.75, 3.05) is 0 Å². The van der Waals surface area contributed by atoms with Crippen LogP contribution in [0.3, 0.4) is 0 Å². The van der Waals surface area contributed by atoms with Gasteiger partial charge in [-0.2, -0.15) is 0 Å². The van der Waals surface area contributed by atoms with Gasteiger partial charge in [-0.15, -0.1) is 0 Å².